The summed E-state index contributed by atoms with van der Waals surface area (Å²) in [5.41, 5.74) is 3.45. The minimum atomic E-state index is 0.763. The number of aryl methyl sites for hydroxylation is 1. The quantitative estimate of drug-likeness (QED) is 0.669. The second kappa shape index (κ2) is 3.45. The molecule has 3 rings (SSSR count). The highest BCUT2D eigenvalue weighted by Gasteiger charge is 2.08. The van der Waals surface area contributed by atoms with Crippen LogP contribution >= 0.6 is 0 Å². The van der Waals surface area contributed by atoms with Crippen LogP contribution in [0.15, 0.2) is 42.9 Å². The van der Waals surface area contributed by atoms with Crippen LogP contribution in [0.5, 0.6) is 0 Å². The van der Waals surface area contributed by atoms with Gasteiger partial charge in [-0.2, -0.15) is 0 Å². The third kappa shape index (κ3) is 1.29. The van der Waals surface area contributed by atoms with Gasteiger partial charge in [0.2, 0.25) is 0 Å². The molecule has 0 atom stereocenters. The maximum absolute atomic E-state index is 4.27. The van der Waals surface area contributed by atoms with Gasteiger partial charge in [-0.05, 0) is 18.6 Å². The van der Waals surface area contributed by atoms with Gasteiger partial charge in [-0.25, -0.2) is 9.97 Å². The van der Waals surface area contributed by atoms with Crippen molar-refractivity contribution < 1.29 is 0 Å². The van der Waals surface area contributed by atoms with E-state index in [1.807, 2.05) is 12.3 Å². The van der Waals surface area contributed by atoms with Gasteiger partial charge in [-0.3, -0.25) is 0 Å². The Hall–Kier alpha value is -2.16. The number of hydrogen-bond donors (Lipinski definition) is 1. The largest absolute Gasteiger partial charge is 0.360 e. The zero-order valence-electron chi connectivity index (χ0n) is 8.94. The van der Waals surface area contributed by atoms with Crippen LogP contribution in [-0.2, 0) is 0 Å². The molecular weight excluding hydrogens is 198 g/mol. The topological polar surface area (TPSA) is 41.6 Å². The molecule has 0 bridgehead atoms. The van der Waals surface area contributed by atoms with E-state index in [1.165, 1.54) is 10.9 Å². The van der Waals surface area contributed by atoms with Crippen molar-refractivity contribution in [1.29, 1.82) is 0 Å². The molecule has 0 unspecified atom stereocenters. The van der Waals surface area contributed by atoms with Gasteiger partial charge < -0.3 is 4.98 Å². The summed E-state index contributed by atoms with van der Waals surface area (Å²) in [4.78, 5) is 11.8. The lowest BCUT2D eigenvalue weighted by molar-refractivity contribution is 1.18. The van der Waals surface area contributed by atoms with Gasteiger partial charge in [-0.15, -0.1) is 0 Å². The Balaban J connectivity index is 2.30. The Morgan fingerprint density at radius 3 is 2.69 bits per heavy atom. The van der Waals surface area contributed by atoms with Gasteiger partial charge in [0.1, 0.15) is 0 Å². The van der Waals surface area contributed by atoms with Crippen molar-refractivity contribution in [3.63, 3.8) is 0 Å². The molecule has 3 heteroatoms. The Labute approximate surface area is 93.2 Å². The molecule has 1 aromatic carbocycles. The number of hydrogen-bond acceptors (Lipinski definition) is 2. The number of H-pyrrole nitrogens is 1. The van der Waals surface area contributed by atoms with E-state index in [0.29, 0.717) is 0 Å². The average molecular weight is 209 g/mol. The Kier molecular flexibility index (Phi) is 1.96. The van der Waals surface area contributed by atoms with E-state index in [4.69, 9.17) is 0 Å². The van der Waals surface area contributed by atoms with E-state index >= 15 is 0 Å². The van der Waals surface area contributed by atoms with Crippen molar-refractivity contribution in [1.82, 2.24) is 15.0 Å². The molecule has 0 saturated heterocycles. The Bertz CT molecular complexity index is 626. The molecule has 2 aromatic heterocycles. The van der Waals surface area contributed by atoms with Crippen LogP contribution in [0.2, 0.25) is 0 Å². The second-order valence-electron chi connectivity index (χ2n) is 3.77. The van der Waals surface area contributed by atoms with Crippen molar-refractivity contribution in [3.05, 3.63) is 48.4 Å². The van der Waals surface area contributed by atoms with Crippen molar-refractivity contribution in [2.24, 2.45) is 0 Å². The predicted octanol–water partition coefficient (Wildman–Crippen LogP) is 2.93. The first-order valence-corrected chi connectivity index (χ1v) is 5.20. The number of aromatic amines is 1. The van der Waals surface area contributed by atoms with E-state index in [1.54, 1.807) is 12.4 Å². The minimum absolute atomic E-state index is 0.763. The highest BCUT2D eigenvalue weighted by molar-refractivity contribution is 5.95. The van der Waals surface area contributed by atoms with Crippen LogP contribution in [0.3, 0.4) is 0 Å². The lowest BCUT2D eigenvalue weighted by Gasteiger charge is -1.98. The molecule has 3 aromatic rings. The molecule has 2 heterocycles. The smallest absolute Gasteiger partial charge is 0.161 e. The van der Waals surface area contributed by atoms with Crippen molar-refractivity contribution >= 4 is 10.9 Å². The molecule has 0 aliphatic heterocycles. The maximum Gasteiger partial charge on any atom is 0.161 e. The third-order valence-corrected chi connectivity index (χ3v) is 2.73. The molecule has 0 aliphatic rings. The molecule has 0 saturated carbocycles. The van der Waals surface area contributed by atoms with Crippen LogP contribution in [0.1, 0.15) is 5.56 Å². The average Bonchev–Trinajstić information content (AvgIpc) is 2.75. The van der Waals surface area contributed by atoms with Crippen LogP contribution in [-0.4, -0.2) is 15.0 Å². The van der Waals surface area contributed by atoms with E-state index in [-0.39, 0.29) is 0 Å². The van der Waals surface area contributed by atoms with Crippen molar-refractivity contribution in [2.75, 3.05) is 0 Å². The van der Waals surface area contributed by atoms with Gasteiger partial charge in [-0.1, -0.05) is 18.2 Å². The van der Waals surface area contributed by atoms with Crippen molar-refractivity contribution in [3.8, 4) is 11.4 Å². The van der Waals surface area contributed by atoms with Gasteiger partial charge in [0, 0.05) is 35.1 Å². The number of nitrogens with one attached hydrogen (secondary N) is 1. The van der Waals surface area contributed by atoms with E-state index < -0.39 is 0 Å². The standard InChI is InChI=1S/C13H11N3/c1-9-4-2-5-10-11(8-16-12(9)10)13-14-6-3-7-15-13/h2-8,16H,1H3. The summed E-state index contributed by atoms with van der Waals surface area (Å²) in [7, 11) is 0. The zero-order chi connectivity index (χ0) is 11.0. The summed E-state index contributed by atoms with van der Waals surface area (Å²) in [5.74, 6) is 0.763. The molecule has 0 fully saturated rings. The molecule has 3 nitrogen and oxygen atoms in total. The van der Waals surface area contributed by atoms with Gasteiger partial charge in [0.15, 0.2) is 5.82 Å². The molecule has 0 spiro atoms. The molecule has 1 N–H and O–H groups in total. The second-order valence-corrected chi connectivity index (χ2v) is 3.77. The third-order valence-electron chi connectivity index (χ3n) is 2.73. The number of benzene rings is 1. The van der Waals surface area contributed by atoms with Crippen LogP contribution < -0.4 is 0 Å². The summed E-state index contributed by atoms with van der Waals surface area (Å²) < 4.78 is 0. The first-order valence-electron chi connectivity index (χ1n) is 5.20. The summed E-state index contributed by atoms with van der Waals surface area (Å²) in [5, 5.41) is 1.17. The summed E-state index contributed by atoms with van der Waals surface area (Å²) in [6, 6.07) is 8.06. The van der Waals surface area contributed by atoms with Gasteiger partial charge >= 0.3 is 0 Å². The molecule has 16 heavy (non-hydrogen) atoms. The summed E-state index contributed by atoms with van der Waals surface area (Å²) in [6.07, 6.45) is 5.49. The lowest BCUT2D eigenvalue weighted by Crippen LogP contribution is -1.84. The number of aromatic nitrogens is 3. The van der Waals surface area contributed by atoms with E-state index in [0.717, 1.165) is 16.9 Å². The molecule has 0 radical (unpaired) electrons. The van der Waals surface area contributed by atoms with E-state index in [9.17, 15) is 0 Å². The predicted molar refractivity (Wildman–Crippen MR) is 64.1 cm³/mol. The Morgan fingerprint density at radius 1 is 1.06 bits per heavy atom. The molecule has 0 aliphatic carbocycles. The molecule has 78 valence electrons. The fourth-order valence-corrected chi connectivity index (χ4v) is 1.93. The van der Waals surface area contributed by atoms with Crippen molar-refractivity contribution in [2.45, 2.75) is 6.92 Å². The zero-order valence-corrected chi connectivity index (χ0v) is 8.94. The van der Waals surface area contributed by atoms with Crippen LogP contribution in [0.25, 0.3) is 22.3 Å². The first-order chi connectivity index (χ1) is 7.86. The van der Waals surface area contributed by atoms with Crippen LogP contribution in [0.4, 0.5) is 0 Å². The fourth-order valence-electron chi connectivity index (χ4n) is 1.93. The number of nitrogens with zero attached hydrogens (tertiary/aromatic N) is 2. The van der Waals surface area contributed by atoms with E-state index in [2.05, 4.69) is 40.1 Å². The Morgan fingerprint density at radius 2 is 1.88 bits per heavy atom. The lowest BCUT2D eigenvalue weighted by atomic mass is 10.1. The maximum atomic E-state index is 4.27. The molecular formula is C13H11N3. The molecule has 0 amide bonds. The van der Waals surface area contributed by atoms with Gasteiger partial charge in [0.25, 0.3) is 0 Å². The highest BCUT2D eigenvalue weighted by Crippen LogP contribution is 2.27. The highest BCUT2D eigenvalue weighted by atomic mass is 14.9. The van der Waals surface area contributed by atoms with Gasteiger partial charge in [0.05, 0.1) is 0 Å². The normalized spacial score (nSPS) is 10.8. The SMILES string of the molecule is Cc1cccc2c(-c3ncccn3)c[nH]c12. The number of fused-ring (bicyclic) bond motifs is 1. The number of rotatable bonds is 1. The summed E-state index contributed by atoms with van der Waals surface area (Å²) >= 11 is 0. The summed E-state index contributed by atoms with van der Waals surface area (Å²) in [6.45, 7) is 2.09. The van der Waals surface area contributed by atoms with Crippen LogP contribution in [0, 0.1) is 6.92 Å². The fraction of sp³-hybridized carbons (Fsp3) is 0.0769. The monoisotopic (exact) mass is 209 g/mol. The first kappa shape index (κ1) is 9.09. The number of para-hydroxylation sites is 1. The minimum Gasteiger partial charge on any atom is -0.360 e.